The molecule has 1 amide bonds. The first kappa shape index (κ1) is 18.8. The molecule has 0 aliphatic carbocycles. The number of nitrogens with zero attached hydrogens (tertiary/aromatic N) is 4. The predicted molar refractivity (Wildman–Crippen MR) is 104 cm³/mol. The van der Waals surface area contributed by atoms with Crippen LogP contribution in [0.25, 0.3) is 11.4 Å². The van der Waals surface area contributed by atoms with E-state index < -0.39 is 0 Å². The minimum absolute atomic E-state index is 0.0774. The van der Waals surface area contributed by atoms with E-state index in [0.29, 0.717) is 37.4 Å². The highest BCUT2D eigenvalue weighted by Crippen LogP contribution is 2.30. The summed E-state index contributed by atoms with van der Waals surface area (Å²) in [6.45, 7) is 0. The maximum Gasteiger partial charge on any atom is 0.236 e. The van der Waals surface area contributed by atoms with Crippen molar-refractivity contribution in [2.45, 2.75) is 5.16 Å². The maximum absolute atomic E-state index is 12.0. The first-order valence-electron chi connectivity index (χ1n) is 7.14. The Balaban J connectivity index is 1.66. The number of thioether (sulfide) groups is 1. The van der Waals surface area contributed by atoms with Crippen LogP contribution in [-0.2, 0) is 4.79 Å². The van der Waals surface area contributed by atoms with Crippen LogP contribution >= 0.6 is 46.6 Å². The van der Waals surface area contributed by atoms with Crippen molar-refractivity contribution < 1.29 is 4.79 Å². The Morgan fingerprint density at radius 3 is 2.62 bits per heavy atom. The fourth-order valence-corrected chi connectivity index (χ4v) is 3.25. The molecule has 2 heterocycles. The van der Waals surface area contributed by atoms with Crippen molar-refractivity contribution >= 4 is 58.3 Å². The van der Waals surface area contributed by atoms with Crippen molar-refractivity contribution in [3.05, 3.63) is 51.6 Å². The van der Waals surface area contributed by atoms with Crippen molar-refractivity contribution in [2.75, 3.05) is 16.9 Å². The monoisotopic (exact) mass is 428 g/mol. The van der Waals surface area contributed by atoms with Gasteiger partial charge in [0.25, 0.3) is 0 Å². The molecule has 3 N–H and O–H groups in total. The molecule has 0 fully saturated rings. The van der Waals surface area contributed by atoms with Crippen LogP contribution in [0, 0.1) is 0 Å². The molecular weight excluding hydrogens is 419 g/mol. The van der Waals surface area contributed by atoms with Gasteiger partial charge < -0.3 is 11.2 Å². The number of hydrogen-bond acceptors (Lipinski definition) is 6. The average molecular weight is 430 g/mol. The molecular formula is C15H11Cl3N6OS. The second-order valence-corrected chi connectivity index (χ2v) is 7.22. The molecule has 0 spiro atoms. The van der Waals surface area contributed by atoms with E-state index in [0.717, 1.165) is 11.8 Å². The molecule has 0 saturated carbocycles. The number of nitrogen functional groups attached to an aromatic ring is 1. The fraction of sp³-hybridized carbons (Fsp3) is 0.0667. The Morgan fingerprint density at radius 2 is 1.92 bits per heavy atom. The summed E-state index contributed by atoms with van der Waals surface area (Å²) in [4.78, 5) is 16.0. The summed E-state index contributed by atoms with van der Waals surface area (Å²) in [7, 11) is 0. The summed E-state index contributed by atoms with van der Waals surface area (Å²) in [5.41, 5.74) is 0.590. The van der Waals surface area contributed by atoms with Gasteiger partial charge in [-0.1, -0.05) is 46.6 Å². The van der Waals surface area contributed by atoms with E-state index in [2.05, 4.69) is 20.5 Å². The first-order valence-corrected chi connectivity index (χ1v) is 9.26. The molecule has 0 aliphatic heterocycles. The van der Waals surface area contributed by atoms with Gasteiger partial charge in [-0.2, -0.15) is 0 Å². The fourth-order valence-electron chi connectivity index (χ4n) is 1.99. The van der Waals surface area contributed by atoms with Crippen LogP contribution in [0.15, 0.2) is 41.7 Å². The third kappa shape index (κ3) is 4.39. The Hall–Kier alpha value is -2.00. The lowest BCUT2D eigenvalue weighted by atomic mass is 10.2. The number of carbonyl (C=O) groups is 1. The van der Waals surface area contributed by atoms with Gasteiger partial charge in [0.2, 0.25) is 11.1 Å². The van der Waals surface area contributed by atoms with Gasteiger partial charge in [-0.05, 0) is 30.3 Å². The van der Waals surface area contributed by atoms with Gasteiger partial charge in [0.1, 0.15) is 5.82 Å². The van der Waals surface area contributed by atoms with Gasteiger partial charge in [0.15, 0.2) is 5.82 Å². The van der Waals surface area contributed by atoms with E-state index >= 15 is 0 Å². The number of nitrogens with one attached hydrogen (secondary N) is 1. The third-order valence-corrected chi connectivity index (χ3v) is 4.88. The molecule has 0 aliphatic rings. The highest BCUT2D eigenvalue weighted by molar-refractivity contribution is 7.99. The zero-order valence-electron chi connectivity index (χ0n) is 13.0. The van der Waals surface area contributed by atoms with Crippen LogP contribution in [0.5, 0.6) is 0 Å². The molecule has 11 heteroatoms. The Morgan fingerprint density at radius 1 is 1.15 bits per heavy atom. The number of halogens is 3. The standard InChI is InChI=1S/C15H11Cl3N6OS/c16-8-1-3-10(11(18)5-8)14-22-23-15(24(14)19)26-7-13(25)21-12-4-2-9(17)6-20-12/h1-6H,7,19H2,(H,20,21,25). The number of anilines is 1. The summed E-state index contributed by atoms with van der Waals surface area (Å²) in [5, 5.41) is 12.4. The number of nitrogens with two attached hydrogens (primary N) is 1. The van der Waals surface area contributed by atoms with E-state index in [1.165, 1.54) is 10.9 Å². The molecule has 0 radical (unpaired) electrons. The van der Waals surface area contributed by atoms with E-state index in [-0.39, 0.29) is 11.7 Å². The average Bonchev–Trinajstić information content (AvgIpc) is 2.96. The van der Waals surface area contributed by atoms with Crippen molar-refractivity contribution in [1.29, 1.82) is 0 Å². The molecule has 26 heavy (non-hydrogen) atoms. The van der Waals surface area contributed by atoms with E-state index in [9.17, 15) is 4.79 Å². The number of hydrogen-bond donors (Lipinski definition) is 2. The minimum atomic E-state index is -0.265. The number of pyridine rings is 1. The Kier molecular flexibility index (Phi) is 5.87. The van der Waals surface area contributed by atoms with Gasteiger partial charge in [0.05, 0.1) is 15.8 Å². The van der Waals surface area contributed by atoms with Gasteiger partial charge in [-0.25, -0.2) is 9.66 Å². The van der Waals surface area contributed by atoms with Gasteiger partial charge in [-0.3, -0.25) is 4.79 Å². The molecule has 3 aromatic rings. The zero-order chi connectivity index (χ0) is 18.7. The SMILES string of the molecule is Nn1c(SCC(=O)Nc2ccc(Cl)cn2)nnc1-c1ccc(Cl)cc1Cl. The van der Waals surface area contributed by atoms with Crippen LogP contribution in [0.4, 0.5) is 5.82 Å². The number of carbonyl (C=O) groups excluding carboxylic acids is 1. The summed E-state index contributed by atoms with van der Waals surface area (Å²) < 4.78 is 1.27. The van der Waals surface area contributed by atoms with Gasteiger partial charge in [-0.15, -0.1) is 10.2 Å². The van der Waals surface area contributed by atoms with E-state index in [1.807, 2.05) is 0 Å². The molecule has 1 aromatic carbocycles. The molecule has 0 saturated heterocycles. The third-order valence-electron chi connectivity index (χ3n) is 3.16. The minimum Gasteiger partial charge on any atom is -0.335 e. The predicted octanol–water partition coefficient (Wildman–Crippen LogP) is 3.74. The molecule has 7 nitrogen and oxygen atoms in total. The number of amides is 1. The van der Waals surface area contributed by atoms with Crippen molar-refractivity contribution in [3.8, 4) is 11.4 Å². The van der Waals surface area contributed by atoms with Crippen LogP contribution < -0.4 is 11.2 Å². The quantitative estimate of drug-likeness (QED) is 0.473. The normalized spacial score (nSPS) is 10.7. The second-order valence-electron chi connectivity index (χ2n) is 5.00. The first-order chi connectivity index (χ1) is 12.4. The molecule has 134 valence electrons. The lowest BCUT2D eigenvalue weighted by Gasteiger charge is -2.06. The largest absolute Gasteiger partial charge is 0.335 e. The summed E-state index contributed by atoms with van der Waals surface area (Å²) >= 11 is 18.9. The Labute approximate surface area is 167 Å². The number of rotatable bonds is 5. The molecule has 2 aromatic heterocycles. The maximum atomic E-state index is 12.0. The van der Waals surface area contributed by atoms with Crippen molar-refractivity contribution in [2.24, 2.45) is 0 Å². The number of benzene rings is 1. The topological polar surface area (TPSA) is 98.7 Å². The smallest absolute Gasteiger partial charge is 0.236 e. The summed E-state index contributed by atoms with van der Waals surface area (Å²) in [6, 6.07) is 8.21. The van der Waals surface area contributed by atoms with Gasteiger partial charge in [0, 0.05) is 16.8 Å². The van der Waals surface area contributed by atoms with Crippen LogP contribution in [0.1, 0.15) is 0 Å². The summed E-state index contributed by atoms with van der Waals surface area (Å²) in [6.07, 6.45) is 1.45. The van der Waals surface area contributed by atoms with E-state index in [4.69, 9.17) is 40.6 Å². The van der Waals surface area contributed by atoms with Gasteiger partial charge >= 0.3 is 0 Å². The second kappa shape index (κ2) is 8.13. The lowest BCUT2D eigenvalue weighted by Crippen LogP contribution is -2.17. The molecule has 0 bridgehead atoms. The highest BCUT2D eigenvalue weighted by atomic mass is 35.5. The zero-order valence-corrected chi connectivity index (χ0v) is 16.1. The highest BCUT2D eigenvalue weighted by Gasteiger charge is 2.16. The van der Waals surface area contributed by atoms with E-state index in [1.54, 1.807) is 30.3 Å². The van der Waals surface area contributed by atoms with Crippen LogP contribution in [-0.4, -0.2) is 31.5 Å². The van der Waals surface area contributed by atoms with Crippen LogP contribution in [0.3, 0.4) is 0 Å². The van der Waals surface area contributed by atoms with Crippen molar-refractivity contribution in [3.63, 3.8) is 0 Å². The molecule has 0 atom stereocenters. The Bertz CT molecular complexity index is 947. The lowest BCUT2D eigenvalue weighted by molar-refractivity contribution is -0.113. The van der Waals surface area contributed by atoms with Crippen molar-refractivity contribution in [1.82, 2.24) is 19.9 Å². The molecule has 0 unspecified atom stereocenters. The molecule has 3 rings (SSSR count). The number of aromatic nitrogens is 4. The van der Waals surface area contributed by atoms with Crippen LogP contribution in [0.2, 0.25) is 15.1 Å². The summed E-state index contributed by atoms with van der Waals surface area (Å²) in [5.74, 6) is 6.61.